The SMILES string of the molecule is CCCN(CCC(C)(C)C(N)=NO)CC1CC1. The molecule has 3 N–H and O–H groups in total. The van der Waals surface area contributed by atoms with E-state index in [1.807, 2.05) is 13.8 Å². The Morgan fingerprint density at radius 1 is 1.41 bits per heavy atom. The molecule has 0 heterocycles. The number of amidine groups is 1. The van der Waals surface area contributed by atoms with Crippen molar-refractivity contribution in [3.05, 3.63) is 0 Å². The van der Waals surface area contributed by atoms with Gasteiger partial charge in [-0.15, -0.1) is 0 Å². The number of nitrogens with zero attached hydrogens (tertiary/aromatic N) is 2. The highest BCUT2D eigenvalue weighted by Crippen LogP contribution is 2.30. The van der Waals surface area contributed by atoms with Gasteiger partial charge in [-0.2, -0.15) is 0 Å². The fourth-order valence-corrected chi connectivity index (χ4v) is 1.98. The molecule has 1 saturated carbocycles. The van der Waals surface area contributed by atoms with E-state index in [0.29, 0.717) is 5.84 Å². The first kappa shape index (κ1) is 14.3. The van der Waals surface area contributed by atoms with Gasteiger partial charge in [0.15, 0.2) is 0 Å². The maximum absolute atomic E-state index is 8.74. The molecule has 1 fully saturated rings. The predicted molar refractivity (Wildman–Crippen MR) is 71.3 cm³/mol. The fraction of sp³-hybridized carbons (Fsp3) is 0.923. The van der Waals surface area contributed by atoms with Crippen LogP contribution in [0, 0.1) is 11.3 Å². The summed E-state index contributed by atoms with van der Waals surface area (Å²) in [5.74, 6) is 1.26. The van der Waals surface area contributed by atoms with Gasteiger partial charge in [-0.05, 0) is 44.7 Å². The zero-order chi connectivity index (χ0) is 12.9. The van der Waals surface area contributed by atoms with Crippen LogP contribution in [0.1, 0.15) is 46.5 Å². The third kappa shape index (κ3) is 4.94. The van der Waals surface area contributed by atoms with Gasteiger partial charge in [-0.3, -0.25) is 0 Å². The number of rotatable bonds is 8. The minimum atomic E-state index is -0.218. The zero-order valence-electron chi connectivity index (χ0n) is 11.4. The molecular weight excluding hydrogens is 214 g/mol. The average Bonchev–Trinajstić information content (AvgIpc) is 3.09. The Bertz CT molecular complexity index is 259. The molecule has 0 atom stereocenters. The molecule has 0 saturated heterocycles. The van der Waals surface area contributed by atoms with Crippen LogP contribution in [0.15, 0.2) is 5.16 Å². The van der Waals surface area contributed by atoms with Gasteiger partial charge < -0.3 is 15.8 Å². The summed E-state index contributed by atoms with van der Waals surface area (Å²) in [6.45, 7) is 9.69. The zero-order valence-corrected chi connectivity index (χ0v) is 11.4. The van der Waals surface area contributed by atoms with E-state index in [4.69, 9.17) is 10.9 Å². The first-order valence-electron chi connectivity index (χ1n) is 6.70. The number of oxime groups is 1. The normalized spacial score (nSPS) is 17.8. The summed E-state index contributed by atoms with van der Waals surface area (Å²) in [5, 5.41) is 11.9. The van der Waals surface area contributed by atoms with Crippen molar-refractivity contribution >= 4 is 5.84 Å². The van der Waals surface area contributed by atoms with E-state index < -0.39 is 0 Å². The molecule has 0 aromatic heterocycles. The number of hydrogen-bond donors (Lipinski definition) is 2. The van der Waals surface area contributed by atoms with Crippen LogP contribution in [0.2, 0.25) is 0 Å². The third-order valence-corrected chi connectivity index (χ3v) is 3.61. The lowest BCUT2D eigenvalue weighted by molar-refractivity contribution is 0.233. The quantitative estimate of drug-likeness (QED) is 0.296. The van der Waals surface area contributed by atoms with Crippen molar-refractivity contribution in [3.63, 3.8) is 0 Å². The van der Waals surface area contributed by atoms with Crippen molar-refractivity contribution in [2.75, 3.05) is 19.6 Å². The number of nitrogens with two attached hydrogens (primary N) is 1. The summed E-state index contributed by atoms with van der Waals surface area (Å²) in [6.07, 6.45) is 4.92. The highest BCUT2D eigenvalue weighted by molar-refractivity contribution is 5.85. The van der Waals surface area contributed by atoms with Gasteiger partial charge in [0.2, 0.25) is 0 Å². The maximum atomic E-state index is 8.74. The second-order valence-corrected chi connectivity index (χ2v) is 5.86. The molecule has 1 aliphatic rings. The van der Waals surface area contributed by atoms with Gasteiger partial charge >= 0.3 is 0 Å². The van der Waals surface area contributed by atoms with Gasteiger partial charge in [0.25, 0.3) is 0 Å². The molecule has 17 heavy (non-hydrogen) atoms. The van der Waals surface area contributed by atoms with Gasteiger partial charge in [0.05, 0.1) is 0 Å². The molecule has 0 radical (unpaired) electrons. The highest BCUT2D eigenvalue weighted by atomic mass is 16.4. The molecule has 0 spiro atoms. The van der Waals surface area contributed by atoms with E-state index in [0.717, 1.165) is 25.4 Å². The minimum Gasteiger partial charge on any atom is -0.409 e. The largest absolute Gasteiger partial charge is 0.409 e. The van der Waals surface area contributed by atoms with Gasteiger partial charge in [0, 0.05) is 12.0 Å². The lowest BCUT2D eigenvalue weighted by Gasteiger charge is -2.28. The van der Waals surface area contributed by atoms with Crippen LogP contribution in [-0.4, -0.2) is 35.6 Å². The van der Waals surface area contributed by atoms with E-state index in [1.54, 1.807) is 0 Å². The Morgan fingerprint density at radius 3 is 2.53 bits per heavy atom. The summed E-state index contributed by atoms with van der Waals surface area (Å²) < 4.78 is 0. The molecule has 0 aromatic carbocycles. The van der Waals surface area contributed by atoms with Crippen molar-refractivity contribution in [2.24, 2.45) is 22.2 Å². The predicted octanol–water partition coefficient (Wildman–Crippen LogP) is 2.27. The lowest BCUT2D eigenvalue weighted by Crippen LogP contribution is -2.37. The molecule has 0 aromatic rings. The van der Waals surface area contributed by atoms with Gasteiger partial charge in [-0.1, -0.05) is 25.9 Å². The van der Waals surface area contributed by atoms with Gasteiger partial charge in [-0.25, -0.2) is 0 Å². The molecule has 0 amide bonds. The maximum Gasteiger partial charge on any atom is 0.144 e. The Kier molecular flexibility index (Phi) is 5.25. The highest BCUT2D eigenvalue weighted by Gasteiger charge is 2.27. The average molecular weight is 241 g/mol. The molecule has 0 unspecified atom stereocenters. The molecule has 4 heteroatoms. The van der Waals surface area contributed by atoms with Gasteiger partial charge in [0.1, 0.15) is 5.84 Å². The Labute approximate surface area is 105 Å². The van der Waals surface area contributed by atoms with Crippen LogP contribution in [0.25, 0.3) is 0 Å². The van der Waals surface area contributed by atoms with Crippen LogP contribution in [0.5, 0.6) is 0 Å². The molecular formula is C13H27N3O. The molecule has 1 rings (SSSR count). The summed E-state index contributed by atoms with van der Waals surface area (Å²) >= 11 is 0. The van der Waals surface area contributed by atoms with Crippen LogP contribution < -0.4 is 5.73 Å². The van der Waals surface area contributed by atoms with E-state index in [2.05, 4.69) is 17.0 Å². The first-order valence-corrected chi connectivity index (χ1v) is 6.70. The van der Waals surface area contributed by atoms with Crippen molar-refractivity contribution < 1.29 is 5.21 Å². The van der Waals surface area contributed by atoms with Crippen molar-refractivity contribution in [3.8, 4) is 0 Å². The molecule has 4 nitrogen and oxygen atoms in total. The number of hydrogen-bond acceptors (Lipinski definition) is 3. The second kappa shape index (κ2) is 6.24. The van der Waals surface area contributed by atoms with Crippen molar-refractivity contribution in [2.45, 2.75) is 46.5 Å². The van der Waals surface area contributed by atoms with E-state index >= 15 is 0 Å². The molecule has 100 valence electrons. The first-order chi connectivity index (χ1) is 7.99. The topological polar surface area (TPSA) is 61.8 Å². The minimum absolute atomic E-state index is 0.218. The molecule has 1 aliphatic carbocycles. The van der Waals surface area contributed by atoms with Crippen LogP contribution >= 0.6 is 0 Å². The molecule has 0 aliphatic heterocycles. The summed E-state index contributed by atoms with van der Waals surface area (Å²) in [5.41, 5.74) is 5.49. The van der Waals surface area contributed by atoms with Crippen LogP contribution in [0.4, 0.5) is 0 Å². The van der Waals surface area contributed by atoms with E-state index in [-0.39, 0.29) is 5.41 Å². The van der Waals surface area contributed by atoms with Crippen LogP contribution in [0.3, 0.4) is 0 Å². The standard InChI is InChI=1S/C13H27N3O/c1-4-8-16(10-11-5-6-11)9-7-13(2,3)12(14)15-17/h11,17H,4-10H2,1-3H3,(H2,14,15). The summed E-state index contributed by atoms with van der Waals surface area (Å²) in [4.78, 5) is 2.52. The fourth-order valence-electron chi connectivity index (χ4n) is 1.98. The second-order valence-electron chi connectivity index (χ2n) is 5.86. The van der Waals surface area contributed by atoms with E-state index in [1.165, 1.54) is 25.8 Å². The van der Waals surface area contributed by atoms with Crippen LogP contribution in [-0.2, 0) is 0 Å². The smallest absolute Gasteiger partial charge is 0.144 e. The van der Waals surface area contributed by atoms with Crippen molar-refractivity contribution in [1.82, 2.24) is 4.90 Å². The Hall–Kier alpha value is -0.770. The van der Waals surface area contributed by atoms with Crippen molar-refractivity contribution in [1.29, 1.82) is 0 Å². The monoisotopic (exact) mass is 241 g/mol. The third-order valence-electron chi connectivity index (χ3n) is 3.61. The Morgan fingerprint density at radius 2 is 2.06 bits per heavy atom. The summed E-state index contributed by atoms with van der Waals surface area (Å²) in [7, 11) is 0. The molecule has 0 bridgehead atoms. The Balaban J connectivity index is 2.38. The summed E-state index contributed by atoms with van der Waals surface area (Å²) in [6, 6.07) is 0. The van der Waals surface area contributed by atoms with E-state index in [9.17, 15) is 0 Å². The lowest BCUT2D eigenvalue weighted by atomic mass is 9.88.